The van der Waals surface area contributed by atoms with Crippen LogP contribution in [0.15, 0.2) is 18.2 Å². The summed E-state index contributed by atoms with van der Waals surface area (Å²) in [5, 5.41) is 9.24. The van der Waals surface area contributed by atoms with Crippen molar-refractivity contribution >= 4 is 5.97 Å². The molecule has 4 heteroatoms. The third-order valence-corrected chi connectivity index (χ3v) is 2.58. The summed E-state index contributed by atoms with van der Waals surface area (Å²) in [7, 11) is 1.30. The van der Waals surface area contributed by atoms with Crippen molar-refractivity contribution in [1.29, 1.82) is 0 Å². The second-order valence-electron chi connectivity index (χ2n) is 3.57. The molecule has 1 atom stereocenters. The molecule has 0 amide bonds. The standard InChI is InChI=1S/C12H15FO3/c1-3-8(7-11(15)16-2)9-5-4-6-10(14)12(9)13/h4-6,8,14H,3,7H2,1-2H3/t8-/m1/s1. The molecule has 0 saturated carbocycles. The monoisotopic (exact) mass is 226 g/mol. The fraction of sp³-hybridized carbons (Fsp3) is 0.417. The third kappa shape index (κ3) is 2.72. The molecule has 88 valence electrons. The van der Waals surface area contributed by atoms with Gasteiger partial charge in [0.05, 0.1) is 13.5 Å². The van der Waals surface area contributed by atoms with Crippen LogP contribution in [0.4, 0.5) is 4.39 Å². The summed E-state index contributed by atoms with van der Waals surface area (Å²) in [5.74, 6) is -1.69. The molecule has 0 saturated heterocycles. The van der Waals surface area contributed by atoms with Gasteiger partial charge in [0.25, 0.3) is 0 Å². The molecule has 1 aromatic rings. The molecular weight excluding hydrogens is 211 g/mol. The highest BCUT2D eigenvalue weighted by Crippen LogP contribution is 2.30. The van der Waals surface area contributed by atoms with Gasteiger partial charge in [0, 0.05) is 0 Å². The molecule has 3 nitrogen and oxygen atoms in total. The SMILES string of the molecule is CC[C@H](CC(=O)OC)c1cccc(O)c1F. The summed E-state index contributed by atoms with van der Waals surface area (Å²) in [6.45, 7) is 1.86. The molecule has 0 unspecified atom stereocenters. The molecule has 0 aromatic heterocycles. The Morgan fingerprint density at radius 3 is 2.81 bits per heavy atom. The molecule has 0 aliphatic heterocycles. The maximum atomic E-state index is 13.6. The molecule has 0 heterocycles. The Labute approximate surface area is 93.9 Å². The van der Waals surface area contributed by atoms with Crippen LogP contribution in [0.1, 0.15) is 31.2 Å². The van der Waals surface area contributed by atoms with E-state index in [1.807, 2.05) is 6.92 Å². The van der Waals surface area contributed by atoms with Crippen LogP contribution in [-0.2, 0) is 9.53 Å². The summed E-state index contributed by atoms with van der Waals surface area (Å²) in [4.78, 5) is 11.1. The van der Waals surface area contributed by atoms with Gasteiger partial charge in [-0.1, -0.05) is 19.1 Å². The van der Waals surface area contributed by atoms with Gasteiger partial charge in [-0.3, -0.25) is 4.79 Å². The largest absolute Gasteiger partial charge is 0.505 e. The molecule has 0 aliphatic carbocycles. The van der Waals surface area contributed by atoms with Crippen molar-refractivity contribution in [3.8, 4) is 5.75 Å². The number of methoxy groups -OCH3 is 1. The highest BCUT2D eigenvalue weighted by Gasteiger charge is 2.19. The summed E-state index contributed by atoms with van der Waals surface area (Å²) >= 11 is 0. The lowest BCUT2D eigenvalue weighted by atomic mass is 9.92. The summed E-state index contributed by atoms with van der Waals surface area (Å²) in [6, 6.07) is 4.42. The fourth-order valence-electron chi connectivity index (χ4n) is 1.61. The average molecular weight is 226 g/mol. The highest BCUT2D eigenvalue weighted by atomic mass is 19.1. The average Bonchev–Trinajstić information content (AvgIpc) is 2.29. The second-order valence-corrected chi connectivity index (χ2v) is 3.57. The first kappa shape index (κ1) is 12.5. The van der Waals surface area contributed by atoms with Crippen LogP contribution in [0.3, 0.4) is 0 Å². The van der Waals surface area contributed by atoms with Crippen molar-refractivity contribution in [3.05, 3.63) is 29.6 Å². The van der Waals surface area contributed by atoms with Crippen molar-refractivity contribution in [2.45, 2.75) is 25.7 Å². The predicted octanol–water partition coefficient (Wildman–Crippen LogP) is 2.59. The van der Waals surface area contributed by atoms with E-state index in [1.54, 1.807) is 12.1 Å². The number of esters is 1. The minimum Gasteiger partial charge on any atom is -0.505 e. The van der Waals surface area contributed by atoms with Crippen LogP contribution >= 0.6 is 0 Å². The van der Waals surface area contributed by atoms with Gasteiger partial charge in [-0.15, -0.1) is 0 Å². The number of hydrogen-bond acceptors (Lipinski definition) is 3. The van der Waals surface area contributed by atoms with Crippen LogP contribution < -0.4 is 0 Å². The van der Waals surface area contributed by atoms with Crippen LogP contribution in [0, 0.1) is 5.82 Å². The Morgan fingerprint density at radius 1 is 1.56 bits per heavy atom. The van der Waals surface area contributed by atoms with E-state index in [0.29, 0.717) is 12.0 Å². The van der Waals surface area contributed by atoms with E-state index in [9.17, 15) is 14.3 Å². The molecule has 0 spiro atoms. The second kappa shape index (κ2) is 5.49. The zero-order valence-corrected chi connectivity index (χ0v) is 9.37. The van der Waals surface area contributed by atoms with E-state index in [1.165, 1.54) is 13.2 Å². The lowest BCUT2D eigenvalue weighted by Crippen LogP contribution is -2.09. The van der Waals surface area contributed by atoms with Gasteiger partial charge in [0.2, 0.25) is 0 Å². The van der Waals surface area contributed by atoms with Crippen LogP contribution in [0.5, 0.6) is 5.75 Å². The van der Waals surface area contributed by atoms with Crippen molar-refractivity contribution in [2.75, 3.05) is 7.11 Å². The van der Waals surface area contributed by atoms with Gasteiger partial charge in [-0.2, -0.15) is 0 Å². The van der Waals surface area contributed by atoms with E-state index in [0.717, 1.165) is 0 Å². The van der Waals surface area contributed by atoms with Crippen LogP contribution in [-0.4, -0.2) is 18.2 Å². The number of rotatable bonds is 4. The van der Waals surface area contributed by atoms with Gasteiger partial charge in [-0.05, 0) is 24.0 Å². The number of phenols is 1. The molecule has 0 aliphatic rings. The minimum atomic E-state index is -0.654. The van der Waals surface area contributed by atoms with Gasteiger partial charge in [0.15, 0.2) is 11.6 Å². The van der Waals surface area contributed by atoms with E-state index in [-0.39, 0.29) is 24.1 Å². The first-order valence-electron chi connectivity index (χ1n) is 5.14. The smallest absolute Gasteiger partial charge is 0.306 e. The number of hydrogen-bond donors (Lipinski definition) is 1. The number of aromatic hydroxyl groups is 1. The van der Waals surface area contributed by atoms with E-state index >= 15 is 0 Å². The Morgan fingerprint density at radius 2 is 2.25 bits per heavy atom. The van der Waals surface area contributed by atoms with Crippen molar-refractivity contribution in [3.63, 3.8) is 0 Å². The van der Waals surface area contributed by atoms with E-state index < -0.39 is 5.82 Å². The summed E-state index contributed by atoms with van der Waals surface area (Å²) in [6.07, 6.45) is 0.725. The quantitative estimate of drug-likeness (QED) is 0.802. The van der Waals surface area contributed by atoms with Gasteiger partial charge in [0.1, 0.15) is 0 Å². The first-order valence-corrected chi connectivity index (χ1v) is 5.14. The molecular formula is C12H15FO3. The van der Waals surface area contributed by atoms with Gasteiger partial charge < -0.3 is 9.84 Å². The number of phenolic OH excluding ortho intramolecular Hbond substituents is 1. The molecule has 1 aromatic carbocycles. The summed E-state index contributed by atoms with van der Waals surface area (Å²) < 4.78 is 18.1. The normalized spacial score (nSPS) is 12.2. The number of benzene rings is 1. The van der Waals surface area contributed by atoms with Crippen LogP contribution in [0.2, 0.25) is 0 Å². The maximum absolute atomic E-state index is 13.6. The molecule has 16 heavy (non-hydrogen) atoms. The lowest BCUT2D eigenvalue weighted by Gasteiger charge is -2.15. The van der Waals surface area contributed by atoms with Gasteiger partial charge in [-0.25, -0.2) is 4.39 Å². The van der Waals surface area contributed by atoms with E-state index in [2.05, 4.69) is 4.74 Å². The number of carbonyl (C=O) groups is 1. The molecule has 1 rings (SSSR count). The number of halogens is 1. The predicted molar refractivity (Wildman–Crippen MR) is 57.7 cm³/mol. The van der Waals surface area contributed by atoms with Crippen molar-refractivity contribution in [2.24, 2.45) is 0 Å². The highest BCUT2D eigenvalue weighted by molar-refractivity contribution is 5.70. The molecule has 0 radical (unpaired) electrons. The third-order valence-electron chi connectivity index (χ3n) is 2.58. The Hall–Kier alpha value is -1.58. The fourth-order valence-corrected chi connectivity index (χ4v) is 1.61. The first-order chi connectivity index (χ1) is 7.60. The maximum Gasteiger partial charge on any atom is 0.306 e. The summed E-state index contributed by atoms with van der Waals surface area (Å²) in [5.41, 5.74) is 0.355. The Bertz CT molecular complexity index is 377. The van der Waals surface area contributed by atoms with Crippen molar-refractivity contribution < 1.29 is 19.0 Å². The van der Waals surface area contributed by atoms with E-state index in [4.69, 9.17) is 0 Å². The molecule has 0 fully saturated rings. The Kier molecular flexibility index (Phi) is 4.28. The van der Waals surface area contributed by atoms with Crippen molar-refractivity contribution in [1.82, 2.24) is 0 Å². The Balaban J connectivity index is 2.95. The zero-order valence-electron chi connectivity index (χ0n) is 9.37. The topological polar surface area (TPSA) is 46.5 Å². The molecule has 1 N–H and O–H groups in total. The minimum absolute atomic E-state index is 0.118. The number of carbonyl (C=O) groups excluding carboxylic acids is 1. The number of ether oxygens (including phenoxy) is 1. The zero-order chi connectivity index (χ0) is 12.1. The lowest BCUT2D eigenvalue weighted by molar-refractivity contribution is -0.141. The van der Waals surface area contributed by atoms with Gasteiger partial charge >= 0.3 is 5.97 Å². The molecule has 0 bridgehead atoms. The van der Waals surface area contributed by atoms with Crippen LogP contribution in [0.25, 0.3) is 0 Å².